The van der Waals surface area contributed by atoms with Gasteiger partial charge in [-0.2, -0.15) is 0 Å². The molecule has 0 saturated carbocycles. The van der Waals surface area contributed by atoms with Gasteiger partial charge in [0.2, 0.25) is 0 Å². The Labute approximate surface area is 140 Å². The number of allylic oxidation sites excluding steroid dienone is 1. The van der Waals surface area contributed by atoms with E-state index in [9.17, 15) is 0 Å². The Kier molecular flexibility index (Phi) is 5.51. The molecule has 23 heavy (non-hydrogen) atoms. The van der Waals surface area contributed by atoms with E-state index >= 15 is 0 Å². The van der Waals surface area contributed by atoms with Crippen LogP contribution in [0.15, 0.2) is 70.1 Å². The number of aliphatic imine (C=N–C) groups is 2. The van der Waals surface area contributed by atoms with Gasteiger partial charge in [0, 0.05) is 31.8 Å². The minimum atomic E-state index is 0.483. The fourth-order valence-electron chi connectivity index (χ4n) is 2.15. The molecular formula is C18H22N3OP. The number of hydrogen-bond acceptors (Lipinski definition) is 4. The molecule has 0 amide bonds. The quantitative estimate of drug-likeness (QED) is 0.369. The Morgan fingerprint density at radius 2 is 2.00 bits per heavy atom. The highest BCUT2D eigenvalue weighted by Crippen LogP contribution is 2.25. The van der Waals surface area contributed by atoms with Crippen LogP contribution < -0.4 is 5.30 Å². The lowest BCUT2D eigenvalue weighted by molar-refractivity contribution is 0.414. The fraction of sp³-hybridized carbons (Fsp3) is 0.222. The molecule has 120 valence electrons. The normalized spacial score (nSPS) is 15.2. The van der Waals surface area contributed by atoms with Crippen LogP contribution in [0.2, 0.25) is 0 Å². The zero-order chi connectivity index (χ0) is 17.0. The van der Waals surface area contributed by atoms with Crippen LogP contribution in [0, 0.1) is 0 Å². The van der Waals surface area contributed by atoms with Gasteiger partial charge in [0.1, 0.15) is 11.5 Å². The second-order valence-electron chi connectivity index (χ2n) is 5.34. The van der Waals surface area contributed by atoms with Gasteiger partial charge < -0.3 is 9.64 Å². The average molecular weight is 327 g/mol. The molecular weight excluding hydrogens is 305 g/mol. The Morgan fingerprint density at radius 3 is 2.61 bits per heavy atom. The molecule has 2 rings (SSSR count). The van der Waals surface area contributed by atoms with Gasteiger partial charge in [-0.15, -0.1) is 9.24 Å². The second-order valence-corrected chi connectivity index (χ2v) is 6.00. The Morgan fingerprint density at radius 1 is 1.35 bits per heavy atom. The molecule has 0 spiro atoms. The van der Waals surface area contributed by atoms with Crippen molar-refractivity contribution in [2.45, 2.75) is 13.3 Å². The van der Waals surface area contributed by atoms with Crippen molar-refractivity contribution in [3.05, 3.63) is 65.7 Å². The van der Waals surface area contributed by atoms with Crippen molar-refractivity contribution in [2.75, 3.05) is 14.1 Å². The van der Waals surface area contributed by atoms with Crippen molar-refractivity contribution in [2.24, 2.45) is 9.98 Å². The number of hydrogen-bond donors (Lipinski definition) is 0. The van der Waals surface area contributed by atoms with E-state index in [0.717, 1.165) is 22.1 Å². The van der Waals surface area contributed by atoms with E-state index in [0.29, 0.717) is 23.8 Å². The van der Waals surface area contributed by atoms with E-state index in [-0.39, 0.29) is 0 Å². The van der Waals surface area contributed by atoms with Gasteiger partial charge in [-0.05, 0) is 17.8 Å². The Hall–Kier alpha value is -2.19. The minimum Gasteiger partial charge on any atom is -0.441 e. The summed E-state index contributed by atoms with van der Waals surface area (Å²) in [7, 11) is 6.29. The molecule has 1 atom stereocenters. The summed E-state index contributed by atoms with van der Waals surface area (Å²) in [5.41, 5.74) is 3.66. The summed E-state index contributed by atoms with van der Waals surface area (Å²) in [6.07, 6.45) is 2.32. The Bertz CT molecular complexity index is 714. The topological polar surface area (TPSA) is 37.2 Å². The van der Waals surface area contributed by atoms with Crippen molar-refractivity contribution >= 4 is 26.8 Å². The van der Waals surface area contributed by atoms with Crippen LogP contribution in [0.3, 0.4) is 0 Å². The highest BCUT2D eigenvalue weighted by Gasteiger charge is 2.17. The van der Waals surface area contributed by atoms with E-state index in [1.54, 1.807) is 13.4 Å². The first-order valence-corrected chi connectivity index (χ1v) is 7.84. The molecule has 1 heterocycles. The van der Waals surface area contributed by atoms with Gasteiger partial charge >= 0.3 is 0 Å². The summed E-state index contributed by atoms with van der Waals surface area (Å²) in [5, 5.41) is 1.15. The summed E-state index contributed by atoms with van der Waals surface area (Å²) in [4.78, 5) is 10.5. The number of ether oxygens (including phenoxy) is 1. The van der Waals surface area contributed by atoms with Crippen molar-refractivity contribution in [3.63, 3.8) is 0 Å². The summed E-state index contributed by atoms with van der Waals surface area (Å²) in [6, 6.07) is 8.19. The zero-order valence-corrected chi connectivity index (χ0v) is 15.0. The van der Waals surface area contributed by atoms with Gasteiger partial charge in [0.25, 0.3) is 0 Å². The van der Waals surface area contributed by atoms with Gasteiger partial charge in [-0.3, -0.25) is 4.99 Å². The smallest absolute Gasteiger partial charge is 0.194 e. The first-order valence-electron chi connectivity index (χ1n) is 7.26. The third-order valence-electron chi connectivity index (χ3n) is 3.66. The van der Waals surface area contributed by atoms with Gasteiger partial charge in [0.05, 0.1) is 6.34 Å². The Balaban J connectivity index is 2.10. The van der Waals surface area contributed by atoms with Gasteiger partial charge in [-0.25, -0.2) is 4.99 Å². The van der Waals surface area contributed by atoms with E-state index in [2.05, 4.69) is 44.5 Å². The largest absolute Gasteiger partial charge is 0.441 e. The van der Waals surface area contributed by atoms with Crippen LogP contribution in [0.4, 0.5) is 0 Å². The predicted molar refractivity (Wildman–Crippen MR) is 101 cm³/mol. The molecule has 0 saturated heterocycles. The molecule has 1 aromatic carbocycles. The molecule has 0 radical (unpaired) electrons. The predicted octanol–water partition coefficient (Wildman–Crippen LogP) is 3.05. The molecule has 1 aliphatic rings. The summed E-state index contributed by atoms with van der Waals surface area (Å²) in [5.74, 6) is 1.09. The van der Waals surface area contributed by atoms with Gasteiger partial charge in [0.15, 0.2) is 5.90 Å². The van der Waals surface area contributed by atoms with E-state index < -0.39 is 0 Å². The molecule has 0 fully saturated rings. The molecule has 1 unspecified atom stereocenters. The fourth-order valence-corrected chi connectivity index (χ4v) is 2.35. The van der Waals surface area contributed by atoms with Crippen molar-refractivity contribution < 1.29 is 4.74 Å². The van der Waals surface area contributed by atoms with Crippen LogP contribution in [0.1, 0.15) is 12.5 Å². The van der Waals surface area contributed by atoms with E-state index in [4.69, 9.17) is 4.74 Å². The number of likely N-dealkylation sites (N-methyl/N-ethyl adjacent to an activating group) is 1. The summed E-state index contributed by atoms with van der Waals surface area (Å²) in [6.45, 7) is 9.98. The maximum absolute atomic E-state index is 5.85. The summed E-state index contributed by atoms with van der Waals surface area (Å²) >= 11 is 0. The standard InChI is InChI=1S/C18H22N3OP/c1-12-13(2)21(5)11-20-18(12)14(3)22-17(19-4)10-15-6-8-16(23)9-7-15/h6-9,11H,2-3,10,23H2,1,4-5H3/b19-17-. The molecule has 0 aliphatic carbocycles. The lowest BCUT2D eigenvalue weighted by Gasteiger charge is -2.24. The van der Waals surface area contributed by atoms with Crippen molar-refractivity contribution in [1.82, 2.24) is 4.90 Å². The average Bonchev–Trinajstić information content (AvgIpc) is 2.54. The first kappa shape index (κ1) is 17.2. The molecule has 5 heteroatoms. The lowest BCUT2D eigenvalue weighted by Crippen LogP contribution is -2.21. The number of nitrogens with zero attached hydrogens (tertiary/aromatic N) is 3. The highest BCUT2D eigenvalue weighted by atomic mass is 31.0. The van der Waals surface area contributed by atoms with E-state index in [1.165, 1.54) is 0 Å². The van der Waals surface area contributed by atoms with Crippen LogP contribution in [0.25, 0.3) is 0 Å². The second kappa shape index (κ2) is 7.38. The zero-order valence-electron chi connectivity index (χ0n) is 13.8. The van der Waals surface area contributed by atoms with Crippen LogP contribution in [-0.4, -0.2) is 31.2 Å². The number of benzene rings is 1. The first-order chi connectivity index (χ1) is 10.9. The lowest BCUT2D eigenvalue weighted by atomic mass is 10.1. The molecule has 1 aromatic rings. The summed E-state index contributed by atoms with van der Waals surface area (Å²) < 4.78 is 5.85. The van der Waals surface area contributed by atoms with Crippen LogP contribution in [-0.2, 0) is 11.2 Å². The molecule has 1 aliphatic heterocycles. The van der Waals surface area contributed by atoms with Crippen molar-refractivity contribution in [3.8, 4) is 0 Å². The number of rotatable bonds is 4. The third kappa shape index (κ3) is 4.17. The molecule has 0 bridgehead atoms. The molecule has 4 nitrogen and oxygen atoms in total. The molecule has 0 aromatic heterocycles. The van der Waals surface area contributed by atoms with Crippen molar-refractivity contribution in [1.29, 1.82) is 0 Å². The van der Waals surface area contributed by atoms with E-state index in [1.807, 2.05) is 31.0 Å². The van der Waals surface area contributed by atoms with Crippen LogP contribution in [0.5, 0.6) is 0 Å². The monoisotopic (exact) mass is 327 g/mol. The maximum atomic E-state index is 5.85. The van der Waals surface area contributed by atoms with Crippen LogP contribution >= 0.6 is 9.24 Å². The highest BCUT2D eigenvalue weighted by molar-refractivity contribution is 7.27. The molecule has 0 N–H and O–H groups in total. The van der Waals surface area contributed by atoms with Gasteiger partial charge in [-0.1, -0.05) is 37.4 Å². The SMILES string of the molecule is C=C(O/C(Cc1ccc(P)cc1)=N\C)C1=C(C)C(=C)N(C)C=N1. The maximum Gasteiger partial charge on any atom is 0.194 e. The minimum absolute atomic E-state index is 0.483. The third-order valence-corrected chi connectivity index (χ3v) is 4.05.